The van der Waals surface area contributed by atoms with Crippen molar-refractivity contribution in [1.82, 2.24) is 10.2 Å². The first-order chi connectivity index (χ1) is 10.8. The van der Waals surface area contributed by atoms with Crippen LogP contribution in [0.4, 0.5) is 0 Å². The maximum atomic E-state index is 11.9. The van der Waals surface area contributed by atoms with Crippen molar-refractivity contribution in [3.05, 3.63) is 0 Å². The van der Waals surface area contributed by atoms with E-state index in [2.05, 4.69) is 10.2 Å². The summed E-state index contributed by atoms with van der Waals surface area (Å²) in [5.41, 5.74) is 0. The van der Waals surface area contributed by atoms with Crippen LogP contribution >= 0.6 is 0 Å². The number of aliphatic hydroxyl groups is 1. The number of carbonyl (C=O) groups is 1. The molecule has 2 aliphatic rings. The van der Waals surface area contributed by atoms with Gasteiger partial charge in [0.2, 0.25) is 5.91 Å². The lowest BCUT2D eigenvalue weighted by Gasteiger charge is -2.33. The predicted octanol–water partition coefficient (Wildman–Crippen LogP) is 0.551. The molecule has 1 unspecified atom stereocenters. The summed E-state index contributed by atoms with van der Waals surface area (Å²) in [6.07, 6.45) is 3.37. The number of nitrogens with zero attached hydrogens (tertiary/aromatic N) is 1. The Bertz CT molecular complexity index is 494. The zero-order chi connectivity index (χ0) is 17.0. The Morgan fingerprint density at radius 1 is 1.22 bits per heavy atom. The first-order valence-corrected chi connectivity index (χ1v) is 10.4. The van der Waals surface area contributed by atoms with Crippen molar-refractivity contribution >= 4 is 15.7 Å². The van der Waals surface area contributed by atoms with Crippen molar-refractivity contribution in [1.29, 1.82) is 0 Å². The average molecular weight is 346 g/mol. The molecule has 0 aromatic rings. The number of hydrogen-bond acceptors (Lipinski definition) is 5. The van der Waals surface area contributed by atoms with Crippen molar-refractivity contribution in [3.8, 4) is 0 Å². The van der Waals surface area contributed by atoms with E-state index >= 15 is 0 Å². The summed E-state index contributed by atoms with van der Waals surface area (Å²) < 4.78 is 23.6. The Labute approximate surface area is 139 Å². The molecule has 1 heterocycles. The molecule has 23 heavy (non-hydrogen) atoms. The quantitative estimate of drug-likeness (QED) is 0.670. The van der Waals surface area contributed by atoms with E-state index in [1.54, 1.807) is 13.8 Å². The van der Waals surface area contributed by atoms with Gasteiger partial charge in [-0.15, -0.1) is 0 Å². The van der Waals surface area contributed by atoms with E-state index in [0.29, 0.717) is 6.42 Å². The molecule has 2 rings (SSSR count). The van der Waals surface area contributed by atoms with E-state index < -0.39 is 15.9 Å². The molecule has 7 heteroatoms. The van der Waals surface area contributed by atoms with E-state index in [1.807, 2.05) is 0 Å². The van der Waals surface area contributed by atoms with Crippen LogP contribution < -0.4 is 5.32 Å². The van der Waals surface area contributed by atoms with Gasteiger partial charge in [-0.05, 0) is 71.5 Å². The van der Waals surface area contributed by atoms with Crippen LogP contribution in [0.3, 0.4) is 0 Å². The Kier molecular flexibility index (Phi) is 6.45. The second-order valence-corrected chi connectivity index (χ2v) is 9.85. The van der Waals surface area contributed by atoms with Crippen molar-refractivity contribution in [2.24, 2.45) is 5.92 Å². The highest BCUT2D eigenvalue weighted by Gasteiger charge is 2.32. The lowest BCUT2D eigenvalue weighted by atomic mass is 9.90. The Morgan fingerprint density at radius 2 is 1.83 bits per heavy atom. The molecule has 1 saturated carbocycles. The van der Waals surface area contributed by atoms with Gasteiger partial charge >= 0.3 is 0 Å². The number of piperidine rings is 1. The number of carbonyl (C=O) groups excluding carboxylic acids is 1. The standard InChI is InChI=1S/C16H30N2O4S/c1-12(2)23(21,22)11-3-8-18-9-6-13(7-10-18)15(19)16(20)17-14-4-5-14/h12-15,19H,3-11H2,1-2H3,(H,17,20). The largest absolute Gasteiger partial charge is 0.383 e. The number of nitrogens with one attached hydrogen (secondary N) is 1. The fourth-order valence-electron chi connectivity index (χ4n) is 2.95. The van der Waals surface area contributed by atoms with Gasteiger partial charge < -0.3 is 15.3 Å². The van der Waals surface area contributed by atoms with Gasteiger partial charge in [0.1, 0.15) is 6.10 Å². The highest BCUT2D eigenvalue weighted by Crippen LogP contribution is 2.23. The van der Waals surface area contributed by atoms with Gasteiger partial charge in [-0.2, -0.15) is 0 Å². The molecular weight excluding hydrogens is 316 g/mol. The molecule has 0 spiro atoms. The minimum atomic E-state index is -2.96. The summed E-state index contributed by atoms with van der Waals surface area (Å²) in [6.45, 7) is 5.84. The first kappa shape index (κ1) is 18.7. The van der Waals surface area contributed by atoms with Gasteiger partial charge in [-0.3, -0.25) is 4.79 Å². The molecule has 1 aliphatic heterocycles. The van der Waals surface area contributed by atoms with Gasteiger partial charge in [0.25, 0.3) is 0 Å². The predicted molar refractivity (Wildman–Crippen MR) is 89.9 cm³/mol. The Hall–Kier alpha value is -0.660. The molecule has 6 nitrogen and oxygen atoms in total. The Balaban J connectivity index is 1.66. The number of likely N-dealkylation sites (tertiary alicyclic amines) is 1. The van der Waals surface area contributed by atoms with Gasteiger partial charge in [-0.1, -0.05) is 0 Å². The zero-order valence-electron chi connectivity index (χ0n) is 14.2. The summed E-state index contributed by atoms with van der Waals surface area (Å²) >= 11 is 0. The smallest absolute Gasteiger partial charge is 0.249 e. The van der Waals surface area contributed by atoms with Crippen LogP contribution in [0.25, 0.3) is 0 Å². The molecule has 0 bridgehead atoms. The van der Waals surface area contributed by atoms with Gasteiger partial charge in [0.15, 0.2) is 9.84 Å². The fourth-order valence-corrected chi connectivity index (χ4v) is 3.95. The lowest BCUT2D eigenvalue weighted by molar-refractivity contribution is -0.133. The van der Waals surface area contributed by atoms with Crippen LogP contribution in [0.5, 0.6) is 0 Å². The SMILES string of the molecule is CC(C)S(=O)(=O)CCCN1CCC(C(O)C(=O)NC2CC2)CC1. The van der Waals surface area contributed by atoms with E-state index in [-0.39, 0.29) is 28.9 Å². The topological polar surface area (TPSA) is 86.7 Å². The molecule has 1 saturated heterocycles. The number of aliphatic hydroxyl groups excluding tert-OH is 1. The van der Waals surface area contributed by atoms with Crippen LogP contribution in [0, 0.1) is 5.92 Å². The molecule has 0 radical (unpaired) electrons. The van der Waals surface area contributed by atoms with Gasteiger partial charge in [0, 0.05) is 6.04 Å². The van der Waals surface area contributed by atoms with E-state index in [4.69, 9.17) is 0 Å². The fraction of sp³-hybridized carbons (Fsp3) is 0.938. The molecule has 1 amide bonds. The minimum Gasteiger partial charge on any atom is -0.383 e. The third-order valence-corrected chi connectivity index (χ3v) is 7.19. The van der Waals surface area contributed by atoms with Crippen LogP contribution in [0.2, 0.25) is 0 Å². The lowest BCUT2D eigenvalue weighted by Crippen LogP contribution is -2.45. The highest BCUT2D eigenvalue weighted by atomic mass is 32.2. The minimum absolute atomic E-state index is 0.0180. The maximum absolute atomic E-state index is 11.9. The summed E-state index contributed by atoms with van der Waals surface area (Å²) in [5, 5.41) is 12.7. The number of hydrogen-bond donors (Lipinski definition) is 2. The summed E-state index contributed by atoms with van der Waals surface area (Å²) in [4.78, 5) is 14.1. The average Bonchev–Trinajstić information content (AvgIpc) is 3.31. The molecule has 2 N–H and O–H groups in total. The second kappa shape index (κ2) is 7.94. The van der Waals surface area contributed by atoms with Crippen LogP contribution in [-0.2, 0) is 14.6 Å². The molecule has 2 fully saturated rings. The third kappa shape index (κ3) is 5.72. The second-order valence-electron chi connectivity index (χ2n) is 7.18. The van der Waals surface area contributed by atoms with Crippen molar-refractivity contribution in [2.75, 3.05) is 25.4 Å². The van der Waals surface area contributed by atoms with Crippen molar-refractivity contribution in [3.63, 3.8) is 0 Å². The highest BCUT2D eigenvalue weighted by molar-refractivity contribution is 7.91. The van der Waals surface area contributed by atoms with E-state index in [0.717, 1.165) is 45.3 Å². The van der Waals surface area contributed by atoms with Crippen LogP contribution in [0.1, 0.15) is 46.0 Å². The zero-order valence-corrected chi connectivity index (χ0v) is 15.0. The summed E-state index contributed by atoms with van der Waals surface area (Å²) in [7, 11) is -2.96. The third-order valence-electron chi connectivity index (χ3n) is 4.89. The Morgan fingerprint density at radius 3 is 2.35 bits per heavy atom. The summed E-state index contributed by atoms with van der Waals surface area (Å²) in [5.74, 6) is 0.0233. The molecular formula is C16H30N2O4S. The van der Waals surface area contributed by atoms with Gasteiger partial charge in [-0.25, -0.2) is 8.42 Å². The van der Waals surface area contributed by atoms with E-state index in [1.165, 1.54) is 0 Å². The number of rotatable bonds is 8. The number of amides is 1. The molecule has 134 valence electrons. The van der Waals surface area contributed by atoms with Crippen LogP contribution in [0.15, 0.2) is 0 Å². The number of sulfone groups is 1. The molecule has 0 aromatic carbocycles. The first-order valence-electron chi connectivity index (χ1n) is 8.72. The molecule has 1 aliphatic carbocycles. The van der Waals surface area contributed by atoms with Crippen LogP contribution in [-0.4, -0.2) is 67.1 Å². The van der Waals surface area contributed by atoms with E-state index in [9.17, 15) is 18.3 Å². The molecule has 1 atom stereocenters. The monoisotopic (exact) mass is 346 g/mol. The molecule has 0 aromatic heterocycles. The van der Waals surface area contributed by atoms with Crippen molar-refractivity contribution < 1.29 is 18.3 Å². The van der Waals surface area contributed by atoms with Crippen molar-refractivity contribution in [2.45, 2.75) is 63.3 Å². The van der Waals surface area contributed by atoms with Gasteiger partial charge in [0.05, 0.1) is 11.0 Å². The maximum Gasteiger partial charge on any atom is 0.249 e. The summed E-state index contributed by atoms with van der Waals surface area (Å²) in [6, 6.07) is 0.278. The normalized spacial score (nSPS) is 22.3.